The van der Waals surface area contributed by atoms with Crippen LogP contribution in [-0.4, -0.2) is 44.8 Å². The second-order valence-electron chi connectivity index (χ2n) is 5.14. The third-order valence-corrected chi connectivity index (χ3v) is 5.28. The number of rotatable bonds is 7. The molecule has 0 aliphatic carbocycles. The number of nitrogens with one attached hydrogen (secondary N) is 2. The average molecular weight is 398 g/mol. The van der Waals surface area contributed by atoms with E-state index in [4.69, 9.17) is 0 Å². The highest BCUT2D eigenvalue weighted by molar-refractivity contribution is 7.99. The van der Waals surface area contributed by atoms with Crippen molar-refractivity contribution in [3.8, 4) is 5.88 Å². The zero-order valence-corrected chi connectivity index (χ0v) is 16.0. The summed E-state index contributed by atoms with van der Waals surface area (Å²) < 4.78 is 4.62. The second kappa shape index (κ2) is 8.81. The molecule has 0 bridgehead atoms. The quantitative estimate of drug-likeness (QED) is 0.360. The molecule has 2 heterocycles. The van der Waals surface area contributed by atoms with Crippen molar-refractivity contribution in [2.45, 2.75) is 31.8 Å². The van der Waals surface area contributed by atoms with Crippen LogP contribution in [-0.2, 0) is 27.2 Å². The van der Waals surface area contributed by atoms with Crippen LogP contribution in [0.5, 0.6) is 5.88 Å². The lowest BCUT2D eigenvalue weighted by Crippen LogP contribution is -2.17. The van der Waals surface area contributed by atoms with Crippen LogP contribution in [0, 0.1) is 6.92 Å². The van der Waals surface area contributed by atoms with Crippen LogP contribution in [0.3, 0.4) is 0 Å². The number of amides is 1. The summed E-state index contributed by atoms with van der Waals surface area (Å²) in [4.78, 5) is 46.4. The monoisotopic (exact) mass is 398 g/mol. The molecule has 0 fully saturated rings. The first-order valence-corrected chi connectivity index (χ1v) is 9.42. The smallest absolute Gasteiger partial charge is 0.310 e. The molecule has 3 N–H and O–H groups in total. The number of nitrogens with zero attached hydrogens (tertiary/aromatic N) is 2. The first-order valence-electron chi connectivity index (χ1n) is 7.62. The number of aromatic hydroxyl groups is 1. The van der Waals surface area contributed by atoms with E-state index in [1.807, 2.05) is 0 Å². The summed E-state index contributed by atoms with van der Waals surface area (Å²) in [5, 5.41) is 12.9. The first kappa shape index (κ1) is 19.9. The minimum Gasteiger partial charge on any atom is -0.493 e. The minimum atomic E-state index is -0.425. The van der Waals surface area contributed by atoms with E-state index in [9.17, 15) is 19.5 Å². The fourth-order valence-electron chi connectivity index (χ4n) is 1.99. The molecule has 2 aromatic rings. The van der Waals surface area contributed by atoms with Crippen LogP contribution in [0.25, 0.3) is 0 Å². The third kappa shape index (κ3) is 5.05. The molecular weight excluding hydrogens is 380 g/mol. The van der Waals surface area contributed by atoms with Gasteiger partial charge in [-0.15, -0.1) is 11.3 Å². The van der Waals surface area contributed by atoms with Gasteiger partial charge in [0.25, 0.3) is 5.56 Å². The van der Waals surface area contributed by atoms with Gasteiger partial charge in [0, 0.05) is 4.88 Å². The van der Waals surface area contributed by atoms with Crippen molar-refractivity contribution in [2.24, 2.45) is 0 Å². The van der Waals surface area contributed by atoms with E-state index in [-0.39, 0.29) is 40.7 Å². The number of aryl methyl sites for hydroxylation is 1. The predicted octanol–water partition coefficient (Wildman–Crippen LogP) is 1.25. The molecule has 140 valence electrons. The minimum absolute atomic E-state index is 0.0290. The van der Waals surface area contributed by atoms with Gasteiger partial charge in [0.2, 0.25) is 11.8 Å². The molecule has 0 spiro atoms. The first-order chi connectivity index (χ1) is 12.3. The molecule has 26 heavy (non-hydrogen) atoms. The molecule has 1 amide bonds. The Labute approximate surface area is 157 Å². The van der Waals surface area contributed by atoms with E-state index >= 15 is 0 Å². The Morgan fingerprint density at radius 2 is 2.12 bits per heavy atom. The standard InChI is InChI=1S/C15H18N4O5S2/c1-4-8-12(22)18-14(19-13(8)23)25-6-10(20)17-15-16-7(2)9(26-15)5-11(21)24-3/h4-6H2,1-3H3,(H,16,17,20)(H2,18,19,22,23). The number of thiazole rings is 1. The van der Waals surface area contributed by atoms with Crippen molar-refractivity contribution in [2.75, 3.05) is 18.2 Å². The number of aromatic nitrogens is 3. The van der Waals surface area contributed by atoms with Gasteiger partial charge >= 0.3 is 5.97 Å². The van der Waals surface area contributed by atoms with Gasteiger partial charge in [-0.1, -0.05) is 18.7 Å². The van der Waals surface area contributed by atoms with Gasteiger partial charge < -0.3 is 20.1 Å². The number of H-pyrrole nitrogens is 1. The molecule has 0 unspecified atom stereocenters. The van der Waals surface area contributed by atoms with Crippen molar-refractivity contribution in [1.29, 1.82) is 0 Å². The van der Waals surface area contributed by atoms with Crippen molar-refractivity contribution >= 4 is 40.1 Å². The molecule has 0 aliphatic heterocycles. The van der Waals surface area contributed by atoms with Crippen molar-refractivity contribution in [3.63, 3.8) is 0 Å². The molecule has 0 saturated carbocycles. The predicted molar refractivity (Wildman–Crippen MR) is 97.8 cm³/mol. The molecule has 2 rings (SSSR count). The third-order valence-electron chi connectivity index (χ3n) is 3.34. The van der Waals surface area contributed by atoms with Crippen molar-refractivity contribution in [3.05, 3.63) is 26.5 Å². The van der Waals surface area contributed by atoms with Gasteiger partial charge in [0.1, 0.15) is 0 Å². The SMILES string of the molecule is CCc1c(O)nc(SCC(=O)Nc2nc(C)c(CC(=O)OC)s2)[nH]c1=O. The van der Waals surface area contributed by atoms with E-state index in [0.29, 0.717) is 22.1 Å². The molecular formula is C15H18N4O5S2. The number of hydrogen-bond donors (Lipinski definition) is 3. The molecule has 0 aromatic carbocycles. The number of hydrogen-bond acceptors (Lipinski definition) is 9. The van der Waals surface area contributed by atoms with E-state index < -0.39 is 5.56 Å². The van der Waals surface area contributed by atoms with Crippen LogP contribution in [0.1, 0.15) is 23.1 Å². The zero-order valence-electron chi connectivity index (χ0n) is 14.4. The number of carbonyl (C=O) groups is 2. The summed E-state index contributed by atoms with van der Waals surface area (Å²) in [6, 6.07) is 0. The van der Waals surface area contributed by atoms with Gasteiger partial charge in [-0.3, -0.25) is 14.4 Å². The second-order valence-corrected chi connectivity index (χ2v) is 7.19. The van der Waals surface area contributed by atoms with Gasteiger partial charge in [-0.05, 0) is 13.3 Å². The largest absolute Gasteiger partial charge is 0.493 e. The number of aromatic amines is 1. The lowest BCUT2D eigenvalue weighted by atomic mass is 10.2. The summed E-state index contributed by atoms with van der Waals surface area (Å²) in [7, 11) is 1.31. The Balaban J connectivity index is 1.96. The Bertz CT molecular complexity index is 877. The number of ether oxygens (including phenoxy) is 1. The maximum Gasteiger partial charge on any atom is 0.310 e. The van der Waals surface area contributed by atoms with Crippen LogP contribution < -0.4 is 10.9 Å². The maximum absolute atomic E-state index is 12.0. The topological polar surface area (TPSA) is 134 Å². The molecule has 0 saturated heterocycles. The maximum atomic E-state index is 12.0. The highest BCUT2D eigenvalue weighted by Gasteiger charge is 2.15. The van der Waals surface area contributed by atoms with Gasteiger partial charge in [-0.2, -0.15) is 4.98 Å². The summed E-state index contributed by atoms with van der Waals surface area (Å²) in [6.07, 6.45) is 0.454. The van der Waals surface area contributed by atoms with Crippen molar-refractivity contribution < 1.29 is 19.4 Å². The lowest BCUT2D eigenvalue weighted by molar-refractivity contribution is -0.139. The van der Waals surface area contributed by atoms with Crippen LogP contribution in [0.15, 0.2) is 9.95 Å². The van der Waals surface area contributed by atoms with Gasteiger partial charge in [-0.25, -0.2) is 4.98 Å². The Morgan fingerprint density at radius 1 is 1.38 bits per heavy atom. The molecule has 0 atom stereocenters. The highest BCUT2D eigenvalue weighted by atomic mass is 32.2. The Hall–Kier alpha value is -2.40. The molecule has 11 heteroatoms. The summed E-state index contributed by atoms with van der Waals surface area (Å²) in [5.41, 5.74) is 0.426. The highest BCUT2D eigenvalue weighted by Crippen LogP contribution is 2.24. The summed E-state index contributed by atoms with van der Waals surface area (Å²) >= 11 is 2.18. The van der Waals surface area contributed by atoms with Crippen LogP contribution in [0.4, 0.5) is 5.13 Å². The van der Waals surface area contributed by atoms with Crippen molar-refractivity contribution in [1.82, 2.24) is 15.0 Å². The summed E-state index contributed by atoms with van der Waals surface area (Å²) in [5.74, 6) is -1.09. The van der Waals surface area contributed by atoms with Crippen LogP contribution in [0.2, 0.25) is 0 Å². The number of methoxy groups -OCH3 is 1. The fraction of sp³-hybridized carbons (Fsp3) is 0.400. The number of anilines is 1. The van der Waals surface area contributed by atoms with E-state index in [2.05, 4.69) is 25.0 Å². The fourth-order valence-corrected chi connectivity index (χ4v) is 3.61. The lowest BCUT2D eigenvalue weighted by Gasteiger charge is -2.04. The van der Waals surface area contributed by atoms with Crippen LogP contribution >= 0.6 is 23.1 Å². The normalized spacial score (nSPS) is 10.6. The molecule has 9 nitrogen and oxygen atoms in total. The molecule has 2 aromatic heterocycles. The Kier molecular flexibility index (Phi) is 6.75. The number of thioether (sulfide) groups is 1. The molecule has 0 aliphatic rings. The number of carbonyl (C=O) groups excluding carboxylic acids is 2. The van der Waals surface area contributed by atoms with Gasteiger partial charge in [0.05, 0.1) is 30.5 Å². The molecule has 0 radical (unpaired) electrons. The Morgan fingerprint density at radius 3 is 2.73 bits per heavy atom. The zero-order chi connectivity index (χ0) is 19.3. The number of esters is 1. The summed E-state index contributed by atoms with van der Waals surface area (Å²) in [6.45, 7) is 3.47. The van der Waals surface area contributed by atoms with E-state index in [0.717, 1.165) is 11.8 Å². The van der Waals surface area contributed by atoms with Gasteiger partial charge in [0.15, 0.2) is 10.3 Å². The van der Waals surface area contributed by atoms with E-state index in [1.165, 1.54) is 18.4 Å². The average Bonchev–Trinajstić information content (AvgIpc) is 2.91. The van der Waals surface area contributed by atoms with E-state index in [1.54, 1.807) is 13.8 Å².